The summed E-state index contributed by atoms with van der Waals surface area (Å²) in [5.41, 5.74) is 0.416. The van der Waals surface area contributed by atoms with Crippen molar-refractivity contribution in [1.82, 2.24) is 5.32 Å². The van der Waals surface area contributed by atoms with Crippen LogP contribution in [0, 0.1) is 0 Å². The first-order valence-electron chi connectivity index (χ1n) is 4.17. The Balaban J connectivity index is 2.38. The summed E-state index contributed by atoms with van der Waals surface area (Å²) in [6.45, 7) is 0.163. The number of amides is 1. The minimum Gasteiger partial charge on any atom is -0.472 e. The highest BCUT2D eigenvalue weighted by Gasteiger charge is 2.16. The van der Waals surface area contributed by atoms with Gasteiger partial charge in [-0.25, -0.2) is 0 Å². The molecule has 1 amide bonds. The first-order valence-corrected chi connectivity index (χ1v) is 5.09. The summed E-state index contributed by atoms with van der Waals surface area (Å²) in [6, 6.07) is 1.54. The fourth-order valence-corrected chi connectivity index (χ4v) is 1.24. The molecular weight excluding hydrogens is 266 g/mol. The molecular formula is C9H10BrNO4. The molecule has 6 heteroatoms. The summed E-state index contributed by atoms with van der Waals surface area (Å²) in [5.74, 6) is -0.723. The number of hydrogen-bond donors (Lipinski definition) is 1. The predicted molar refractivity (Wildman–Crippen MR) is 55.8 cm³/mol. The number of nitrogens with one attached hydrogen (secondary N) is 1. The number of halogens is 1. The van der Waals surface area contributed by atoms with Gasteiger partial charge in [0.05, 0.1) is 18.9 Å². The van der Waals surface area contributed by atoms with Crippen LogP contribution in [0.2, 0.25) is 0 Å². The van der Waals surface area contributed by atoms with Crippen LogP contribution in [0.3, 0.4) is 0 Å². The maximum absolute atomic E-state index is 11.4. The lowest BCUT2D eigenvalue weighted by atomic mass is 10.3. The van der Waals surface area contributed by atoms with Crippen molar-refractivity contribution in [2.45, 2.75) is 4.83 Å². The predicted octanol–water partition coefficient (Wildman–Crippen LogP) is 0.946. The Labute approximate surface area is 94.9 Å². The van der Waals surface area contributed by atoms with E-state index in [1.165, 1.54) is 25.7 Å². The van der Waals surface area contributed by atoms with E-state index >= 15 is 0 Å². The lowest BCUT2D eigenvalue weighted by Crippen LogP contribution is -2.33. The summed E-state index contributed by atoms with van der Waals surface area (Å²) >= 11 is 3.08. The third-order valence-corrected chi connectivity index (χ3v) is 2.38. The van der Waals surface area contributed by atoms with Gasteiger partial charge in [-0.2, -0.15) is 0 Å². The Morgan fingerprint density at radius 2 is 2.40 bits per heavy atom. The average molecular weight is 276 g/mol. The molecule has 0 aromatic carbocycles. The molecule has 5 nitrogen and oxygen atoms in total. The highest BCUT2D eigenvalue weighted by Crippen LogP contribution is 2.02. The van der Waals surface area contributed by atoms with Crippen molar-refractivity contribution in [3.05, 3.63) is 24.2 Å². The van der Waals surface area contributed by atoms with Crippen LogP contribution >= 0.6 is 15.9 Å². The minimum atomic E-state index is -0.543. The molecule has 82 valence electrons. The number of carbonyl (C=O) groups is 2. The van der Waals surface area contributed by atoms with Crippen LogP contribution in [-0.4, -0.2) is 30.4 Å². The number of ether oxygens (including phenoxy) is 1. The van der Waals surface area contributed by atoms with E-state index < -0.39 is 10.8 Å². The molecule has 1 aromatic rings. The van der Waals surface area contributed by atoms with Gasteiger partial charge in [-0.15, -0.1) is 0 Å². The molecule has 15 heavy (non-hydrogen) atoms. The number of methoxy groups -OCH3 is 1. The van der Waals surface area contributed by atoms with Crippen molar-refractivity contribution in [1.29, 1.82) is 0 Å². The Hall–Kier alpha value is -1.30. The van der Waals surface area contributed by atoms with Crippen LogP contribution in [0.1, 0.15) is 10.4 Å². The molecule has 0 aliphatic carbocycles. The number of furan rings is 1. The first kappa shape index (κ1) is 11.8. The van der Waals surface area contributed by atoms with Crippen molar-refractivity contribution >= 4 is 27.8 Å². The standard InChI is InChI=1S/C9H10BrNO4/c1-14-9(13)7(10)4-11-8(12)6-2-3-15-5-6/h2-3,5,7H,4H2,1H3,(H,11,12). The van der Waals surface area contributed by atoms with E-state index in [1.807, 2.05) is 0 Å². The third-order valence-electron chi connectivity index (χ3n) is 1.68. The van der Waals surface area contributed by atoms with E-state index in [0.29, 0.717) is 5.56 Å². The summed E-state index contributed by atoms with van der Waals surface area (Å²) < 4.78 is 9.23. The van der Waals surface area contributed by atoms with Crippen LogP contribution in [-0.2, 0) is 9.53 Å². The molecule has 0 aliphatic rings. The van der Waals surface area contributed by atoms with Crippen LogP contribution in [0.15, 0.2) is 23.0 Å². The SMILES string of the molecule is COC(=O)C(Br)CNC(=O)c1ccoc1. The highest BCUT2D eigenvalue weighted by atomic mass is 79.9. The van der Waals surface area contributed by atoms with E-state index in [1.54, 1.807) is 0 Å². The van der Waals surface area contributed by atoms with E-state index in [-0.39, 0.29) is 12.5 Å². The summed E-state index contributed by atoms with van der Waals surface area (Å²) in [7, 11) is 1.29. The molecule has 0 spiro atoms. The van der Waals surface area contributed by atoms with Crippen molar-refractivity contribution in [2.75, 3.05) is 13.7 Å². The van der Waals surface area contributed by atoms with Crippen LogP contribution in [0.25, 0.3) is 0 Å². The summed E-state index contributed by atoms with van der Waals surface area (Å²) in [6.07, 6.45) is 2.73. The zero-order valence-corrected chi connectivity index (χ0v) is 9.61. The fourth-order valence-electron chi connectivity index (χ4n) is 0.889. The Morgan fingerprint density at radius 3 is 2.93 bits per heavy atom. The molecule has 0 bridgehead atoms. The van der Waals surface area contributed by atoms with E-state index in [2.05, 4.69) is 26.0 Å². The molecule has 1 aromatic heterocycles. The number of carbonyl (C=O) groups excluding carboxylic acids is 2. The van der Waals surface area contributed by atoms with Crippen molar-refractivity contribution in [3.63, 3.8) is 0 Å². The Morgan fingerprint density at radius 1 is 1.67 bits per heavy atom. The van der Waals surface area contributed by atoms with E-state index in [4.69, 9.17) is 4.42 Å². The van der Waals surface area contributed by atoms with Gasteiger partial charge in [-0.05, 0) is 6.07 Å². The normalized spacial score (nSPS) is 11.9. The quantitative estimate of drug-likeness (QED) is 0.656. The molecule has 1 rings (SSSR count). The highest BCUT2D eigenvalue weighted by molar-refractivity contribution is 9.10. The largest absolute Gasteiger partial charge is 0.472 e. The molecule has 0 saturated heterocycles. The molecule has 1 atom stereocenters. The van der Waals surface area contributed by atoms with Gasteiger partial charge in [-0.1, -0.05) is 15.9 Å². The smallest absolute Gasteiger partial charge is 0.321 e. The monoisotopic (exact) mass is 275 g/mol. The van der Waals surface area contributed by atoms with Gasteiger partial charge >= 0.3 is 5.97 Å². The molecule has 0 fully saturated rings. The van der Waals surface area contributed by atoms with Crippen LogP contribution < -0.4 is 5.32 Å². The molecule has 0 aliphatic heterocycles. The fraction of sp³-hybridized carbons (Fsp3) is 0.333. The molecule has 1 unspecified atom stereocenters. The lowest BCUT2D eigenvalue weighted by molar-refractivity contribution is -0.139. The Bertz CT molecular complexity index is 336. The maximum atomic E-state index is 11.4. The molecule has 0 radical (unpaired) electrons. The second-order valence-corrected chi connectivity index (χ2v) is 3.82. The number of hydrogen-bond acceptors (Lipinski definition) is 4. The summed E-state index contributed by atoms with van der Waals surface area (Å²) in [5, 5.41) is 2.55. The molecule has 0 saturated carbocycles. The number of esters is 1. The van der Waals surface area contributed by atoms with Crippen molar-refractivity contribution in [3.8, 4) is 0 Å². The minimum absolute atomic E-state index is 0.163. The van der Waals surface area contributed by atoms with Gasteiger partial charge in [0.2, 0.25) is 0 Å². The Kier molecular flexibility index (Phi) is 4.36. The van der Waals surface area contributed by atoms with Gasteiger partial charge in [0, 0.05) is 6.54 Å². The van der Waals surface area contributed by atoms with Gasteiger partial charge in [0.25, 0.3) is 5.91 Å². The van der Waals surface area contributed by atoms with Gasteiger partial charge in [0.15, 0.2) is 0 Å². The van der Waals surface area contributed by atoms with Gasteiger partial charge in [0.1, 0.15) is 11.1 Å². The average Bonchev–Trinajstić information content (AvgIpc) is 2.77. The maximum Gasteiger partial charge on any atom is 0.321 e. The van der Waals surface area contributed by atoms with Crippen molar-refractivity contribution in [2.24, 2.45) is 0 Å². The summed E-state index contributed by atoms with van der Waals surface area (Å²) in [4.78, 5) is 21.8. The third kappa shape index (κ3) is 3.39. The molecule has 1 heterocycles. The van der Waals surface area contributed by atoms with Crippen LogP contribution in [0.4, 0.5) is 0 Å². The number of alkyl halides is 1. The molecule has 1 N–H and O–H groups in total. The first-order chi connectivity index (χ1) is 7.15. The zero-order chi connectivity index (χ0) is 11.3. The lowest BCUT2D eigenvalue weighted by Gasteiger charge is -2.07. The topological polar surface area (TPSA) is 68.5 Å². The van der Waals surface area contributed by atoms with E-state index in [0.717, 1.165) is 0 Å². The van der Waals surface area contributed by atoms with Gasteiger partial charge in [-0.3, -0.25) is 9.59 Å². The van der Waals surface area contributed by atoms with Crippen molar-refractivity contribution < 1.29 is 18.7 Å². The second-order valence-electron chi connectivity index (χ2n) is 2.71. The second kappa shape index (κ2) is 5.55. The van der Waals surface area contributed by atoms with Crippen LogP contribution in [0.5, 0.6) is 0 Å². The number of rotatable bonds is 4. The van der Waals surface area contributed by atoms with Gasteiger partial charge < -0.3 is 14.5 Å². The zero-order valence-electron chi connectivity index (χ0n) is 8.03. The van der Waals surface area contributed by atoms with E-state index in [9.17, 15) is 9.59 Å².